The van der Waals surface area contributed by atoms with E-state index in [-0.39, 0.29) is 18.1 Å². The van der Waals surface area contributed by atoms with Crippen molar-refractivity contribution in [3.63, 3.8) is 0 Å². The third-order valence-electron chi connectivity index (χ3n) is 5.76. The Bertz CT molecular complexity index is 1140. The number of rotatable bonds is 4. The number of amides is 2. The Morgan fingerprint density at radius 3 is 2.90 bits per heavy atom. The van der Waals surface area contributed by atoms with Gasteiger partial charge in [-0.1, -0.05) is 6.07 Å². The number of carbonyl (C=O) groups excluding carboxylic acids is 2. The van der Waals surface area contributed by atoms with E-state index in [2.05, 4.69) is 27.5 Å². The summed E-state index contributed by atoms with van der Waals surface area (Å²) >= 11 is 0. The number of hydrogen-bond acceptors (Lipinski definition) is 5. The van der Waals surface area contributed by atoms with Gasteiger partial charge < -0.3 is 10.1 Å². The Balaban J connectivity index is 1.43. The minimum Gasteiger partial charge on any atom is -0.442 e. The molecule has 1 saturated heterocycles. The minimum atomic E-state index is -0.381. The number of aromatic nitrogens is 3. The maximum atomic E-state index is 12.4. The lowest BCUT2D eigenvalue weighted by atomic mass is 9.99. The van der Waals surface area contributed by atoms with Crippen LogP contribution in [0.5, 0.6) is 0 Å². The van der Waals surface area contributed by atoms with Crippen molar-refractivity contribution in [2.24, 2.45) is 0 Å². The van der Waals surface area contributed by atoms with E-state index < -0.39 is 0 Å². The second-order valence-electron chi connectivity index (χ2n) is 7.88. The van der Waals surface area contributed by atoms with Gasteiger partial charge in [0.25, 0.3) is 0 Å². The Labute approximate surface area is 179 Å². The molecule has 3 heterocycles. The lowest BCUT2D eigenvalue weighted by molar-refractivity contribution is -0.119. The van der Waals surface area contributed by atoms with Gasteiger partial charge in [-0.15, -0.1) is 0 Å². The molecule has 8 nitrogen and oxygen atoms in total. The number of anilines is 1. The zero-order valence-electron chi connectivity index (χ0n) is 17.2. The van der Waals surface area contributed by atoms with E-state index in [4.69, 9.17) is 4.74 Å². The third-order valence-corrected chi connectivity index (χ3v) is 5.76. The smallest absolute Gasteiger partial charge is 0.414 e. The number of hydrogen-bond donors (Lipinski definition) is 1. The molecule has 5 rings (SSSR count). The molecule has 0 unspecified atom stereocenters. The molecule has 8 heteroatoms. The quantitative estimate of drug-likeness (QED) is 0.705. The molecule has 1 fully saturated rings. The van der Waals surface area contributed by atoms with Crippen LogP contribution in [0.15, 0.2) is 48.9 Å². The number of ether oxygens (including phenoxy) is 1. The highest BCUT2D eigenvalue weighted by atomic mass is 16.6. The molecule has 1 aliphatic heterocycles. The van der Waals surface area contributed by atoms with Crippen LogP contribution in [-0.2, 0) is 22.4 Å². The highest BCUT2D eigenvalue weighted by molar-refractivity contribution is 5.90. The van der Waals surface area contributed by atoms with Crippen molar-refractivity contribution in [3.05, 3.63) is 60.2 Å². The van der Waals surface area contributed by atoms with Gasteiger partial charge in [0.05, 0.1) is 36.9 Å². The van der Waals surface area contributed by atoms with Gasteiger partial charge in [0, 0.05) is 24.4 Å². The first-order chi connectivity index (χ1) is 15.1. The maximum absolute atomic E-state index is 12.4. The molecule has 0 radical (unpaired) electrons. The summed E-state index contributed by atoms with van der Waals surface area (Å²) in [6.07, 6.45) is 7.59. The lowest BCUT2D eigenvalue weighted by Crippen LogP contribution is -2.33. The van der Waals surface area contributed by atoms with Gasteiger partial charge in [-0.05, 0) is 54.7 Å². The number of carbonyl (C=O) groups is 2. The fourth-order valence-electron chi connectivity index (χ4n) is 4.30. The second-order valence-corrected chi connectivity index (χ2v) is 7.88. The average Bonchev–Trinajstić information content (AvgIpc) is 3.31. The third kappa shape index (κ3) is 3.65. The molecule has 1 aliphatic carbocycles. The Kier molecular flexibility index (Phi) is 4.89. The molecule has 31 heavy (non-hydrogen) atoms. The molecule has 2 amide bonds. The van der Waals surface area contributed by atoms with Crippen molar-refractivity contribution in [2.45, 2.75) is 32.3 Å². The predicted octanol–water partition coefficient (Wildman–Crippen LogP) is 2.88. The van der Waals surface area contributed by atoms with Gasteiger partial charge in [0.15, 0.2) is 0 Å². The summed E-state index contributed by atoms with van der Waals surface area (Å²) in [7, 11) is 0. The highest BCUT2D eigenvalue weighted by Gasteiger charge is 2.33. The number of pyridine rings is 1. The molecule has 158 valence electrons. The maximum Gasteiger partial charge on any atom is 0.414 e. The fourth-order valence-corrected chi connectivity index (χ4v) is 4.30. The van der Waals surface area contributed by atoms with Gasteiger partial charge >= 0.3 is 6.09 Å². The first kappa shape index (κ1) is 19.3. The SMILES string of the molecule is CC(=O)NC[C@H]1CN(c2ccc3c(c2)CCCc2c-3cnn2-c2cccnc2)C(=O)O1. The van der Waals surface area contributed by atoms with Gasteiger partial charge in [-0.2, -0.15) is 5.10 Å². The van der Waals surface area contributed by atoms with Crippen molar-refractivity contribution >= 4 is 17.7 Å². The summed E-state index contributed by atoms with van der Waals surface area (Å²) in [4.78, 5) is 29.4. The van der Waals surface area contributed by atoms with Crippen LogP contribution in [-0.4, -0.2) is 46.0 Å². The van der Waals surface area contributed by atoms with E-state index in [1.165, 1.54) is 18.2 Å². The van der Waals surface area contributed by atoms with Gasteiger partial charge in [-0.25, -0.2) is 9.48 Å². The number of nitrogens with zero attached hydrogens (tertiary/aromatic N) is 4. The van der Waals surface area contributed by atoms with Crippen LogP contribution in [0.4, 0.5) is 10.5 Å². The van der Waals surface area contributed by atoms with Crippen molar-refractivity contribution in [1.29, 1.82) is 0 Å². The van der Waals surface area contributed by atoms with Crippen molar-refractivity contribution in [3.8, 4) is 16.8 Å². The lowest BCUT2D eigenvalue weighted by Gasteiger charge is -2.16. The predicted molar refractivity (Wildman–Crippen MR) is 115 cm³/mol. The summed E-state index contributed by atoms with van der Waals surface area (Å²) in [6, 6.07) is 10.0. The molecule has 0 bridgehead atoms. The van der Waals surface area contributed by atoms with Crippen molar-refractivity contribution < 1.29 is 14.3 Å². The van der Waals surface area contributed by atoms with E-state index in [1.807, 2.05) is 35.3 Å². The Morgan fingerprint density at radius 1 is 1.19 bits per heavy atom. The van der Waals surface area contributed by atoms with E-state index >= 15 is 0 Å². The molecule has 3 aromatic rings. The normalized spacial score (nSPS) is 17.5. The van der Waals surface area contributed by atoms with Crippen LogP contribution in [0, 0.1) is 0 Å². The Hall–Kier alpha value is -3.68. The first-order valence-corrected chi connectivity index (χ1v) is 10.4. The van der Waals surface area contributed by atoms with Crippen LogP contribution in [0.3, 0.4) is 0 Å². The van der Waals surface area contributed by atoms with Crippen LogP contribution in [0.1, 0.15) is 24.6 Å². The summed E-state index contributed by atoms with van der Waals surface area (Å²) in [5.41, 5.74) is 6.41. The molecule has 2 aromatic heterocycles. The summed E-state index contributed by atoms with van der Waals surface area (Å²) in [5.74, 6) is -0.137. The Morgan fingerprint density at radius 2 is 2.10 bits per heavy atom. The molecule has 2 aliphatic rings. The highest BCUT2D eigenvalue weighted by Crippen LogP contribution is 2.36. The molecular formula is C23H23N5O3. The first-order valence-electron chi connectivity index (χ1n) is 10.4. The van der Waals surface area contributed by atoms with Gasteiger partial charge in [0.2, 0.25) is 5.91 Å². The van der Waals surface area contributed by atoms with Gasteiger partial charge in [0.1, 0.15) is 6.10 Å². The fraction of sp³-hybridized carbons (Fsp3) is 0.304. The molecule has 1 atom stereocenters. The van der Waals surface area contributed by atoms with E-state index in [0.717, 1.165) is 41.8 Å². The molecule has 0 saturated carbocycles. The number of aryl methyl sites for hydroxylation is 1. The minimum absolute atomic E-state index is 0.137. The summed E-state index contributed by atoms with van der Waals surface area (Å²) in [5, 5.41) is 7.33. The summed E-state index contributed by atoms with van der Waals surface area (Å²) in [6.45, 7) is 2.19. The summed E-state index contributed by atoms with van der Waals surface area (Å²) < 4.78 is 7.38. The zero-order chi connectivity index (χ0) is 21.4. The van der Waals surface area contributed by atoms with Crippen LogP contribution in [0.2, 0.25) is 0 Å². The van der Waals surface area contributed by atoms with Crippen molar-refractivity contribution in [1.82, 2.24) is 20.1 Å². The topological polar surface area (TPSA) is 89.4 Å². The largest absolute Gasteiger partial charge is 0.442 e. The number of nitrogens with one attached hydrogen (secondary N) is 1. The number of fused-ring (bicyclic) bond motifs is 3. The van der Waals surface area contributed by atoms with E-state index in [1.54, 1.807) is 11.1 Å². The van der Waals surface area contributed by atoms with Crippen LogP contribution < -0.4 is 10.2 Å². The van der Waals surface area contributed by atoms with Crippen LogP contribution >= 0.6 is 0 Å². The van der Waals surface area contributed by atoms with E-state index in [0.29, 0.717) is 13.1 Å². The molecule has 1 N–H and O–H groups in total. The van der Waals surface area contributed by atoms with Crippen LogP contribution in [0.25, 0.3) is 16.8 Å². The van der Waals surface area contributed by atoms with Crippen molar-refractivity contribution in [2.75, 3.05) is 18.0 Å². The second kappa shape index (κ2) is 7.86. The number of benzene rings is 1. The molecule has 0 spiro atoms. The number of cyclic esters (lactones) is 1. The molecule has 1 aromatic carbocycles. The van der Waals surface area contributed by atoms with E-state index in [9.17, 15) is 9.59 Å². The standard InChI is InChI=1S/C23H23N5O3/c1-15(29)25-12-19-14-27(23(30)31-19)17-7-8-20-16(10-17)4-2-6-22-21(20)13-26-28(22)18-5-3-9-24-11-18/h3,5,7-11,13,19H,2,4,6,12,14H2,1H3,(H,25,29)/t19-/m0/s1. The van der Waals surface area contributed by atoms with Gasteiger partial charge in [-0.3, -0.25) is 14.7 Å². The average molecular weight is 417 g/mol. The molecular weight excluding hydrogens is 394 g/mol. The monoisotopic (exact) mass is 417 g/mol. The zero-order valence-corrected chi connectivity index (χ0v) is 17.2.